The van der Waals surface area contributed by atoms with Crippen LogP contribution < -0.4 is 0 Å². The van der Waals surface area contributed by atoms with Gasteiger partial charge in [-0.05, 0) is 36.0 Å². The lowest BCUT2D eigenvalue weighted by Crippen LogP contribution is -2.17. The van der Waals surface area contributed by atoms with Crippen LogP contribution in [0.2, 0.25) is 0 Å². The predicted octanol–water partition coefficient (Wildman–Crippen LogP) is 3.94. The smallest absolute Gasteiger partial charge is 0.211 e. The van der Waals surface area contributed by atoms with E-state index < -0.39 is 0 Å². The van der Waals surface area contributed by atoms with Crippen LogP contribution >= 0.6 is 0 Å². The van der Waals surface area contributed by atoms with E-state index in [9.17, 15) is 5.11 Å². The molecule has 2 nitrogen and oxygen atoms in total. The molecular weight excluding hydrogens is 210 g/mol. The number of benzene rings is 1. The monoisotopic (exact) mass is 229 g/mol. The number of fused-ring (bicyclic) bond motifs is 1. The standard InChI is InChI=1S/C15H19NO/c1-5-15(3,4)12-8-6-11-7-9-13(17)16-14(11)10(12)2/h6-9H,5H2,1-4H3,(H,16,17). The van der Waals surface area contributed by atoms with E-state index in [1.807, 2.05) is 6.07 Å². The van der Waals surface area contributed by atoms with Crippen molar-refractivity contribution in [3.8, 4) is 5.88 Å². The van der Waals surface area contributed by atoms with Crippen LogP contribution in [0.3, 0.4) is 0 Å². The highest BCUT2D eigenvalue weighted by atomic mass is 16.3. The van der Waals surface area contributed by atoms with Gasteiger partial charge in [0.2, 0.25) is 5.88 Å². The second-order valence-electron chi connectivity index (χ2n) is 5.22. The van der Waals surface area contributed by atoms with Crippen molar-refractivity contribution in [3.63, 3.8) is 0 Å². The van der Waals surface area contributed by atoms with Gasteiger partial charge in [0.1, 0.15) is 0 Å². The van der Waals surface area contributed by atoms with Crippen LogP contribution in [0.5, 0.6) is 5.88 Å². The van der Waals surface area contributed by atoms with Crippen molar-refractivity contribution in [2.24, 2.45) is 0 Å². The summed E-state index contributed by atoms with van der Waals surface area (Å²) in [7, 11) is 0. The van der Waals surface area contributed by atoms with Crippen molar-refractivity contribution in [2.75, 3.05) is 0 Å². The molecule has 0 saturated carbocycles. The molecule has 2 aromatic rings. The molecule has 2 rings (SSSR count). The third-order valence-electron chi connectivity index (χ3n) is 3.71. The SMILES string of the molecule is CCC(C)(C)c1ccc2ccc(O)nc2c1C. The highest BCUT2D eigenvalue weighted by Crippen LogP contribution is 2.33. The molecular formula is C15H19NO. The van der Waals surface area contributed by atoms with Gasteiger partial charge in [0.25, 0.3) is 0 Å². The van der Waals surface area contributed by atoms with Crippen molar-refractivity contribution in [3.05, 3.63) is 35.4 Å². The first-order chi connectivity index (χ1) is 7.95. The molecule has 0 radical (unpaired) electrons. The zero-order chi connectivity index (χ0) is 12.6. The van der Waals surface area contributed by atoms with Crippen LogP contribution in [0, 0.1) is 6.92 Å². The molecule has 0 spiro atoms. The fourth-order valence-corrected chi connectivity index (χ4v) is 2.24. The number of aromatic nitrogens is 1. The zero-order valence-electron chi connectivity index (χ0n) is 10.9. The number of aromatic hydroxyl groups is 1. The first-order valence-corrected chi connectivity index (χ1v) is 6.05. The Balaban J connectivity index is 2.73. The van der Waals surface area contributed by atoms with Crippen molar-refractivity contribution >= 4 is 10.9 Å². The maximum atomic E-state index is 9.49. The number of aryl methyl sites for hydroxylation is 1. The minimum absolute atomic E-state index is 0.0899. The Morgan fingerprint density at radius 2 is 1.82 bits per heavy atom. The summed E-state index contributed by atoms with van der Waals surface area (Å²) in [5, 5.41) is 10.6. The van der Waals surface area contributed by atoms with E-state index >= 15 is 0 Å². The lowest BCUT2D eigenvalue weighted by atomic mass is 9.79. The molecule has 0 aliphatic heterocycles. The second kappa shape index (κ2) is 4.02. The first-order valence-electron chi connectivity index (χ1n) is 6.05. The van der Waals surface area contributed by atoms with Gasteiger partial charge < -0.3 is 5.11 Å². The molecule has 0 amide bonds. The van der Waals surface area contributed by atoms with Crippen LogP contribution in [-0.4, -0.2) is 10.1 Å². The molecule has 0 aliphatic rings. The topological polar surface area (TPSA) is 33.1 Å². The van der Waals surface area contributed by atoms with Gasteiger partial charge >= 0.3 is 0 Å². The fraction of sp³-hybridized carbons (Fsp3) is 0.400. The van der Waals surface area contributed by atoms with Gasteiger partial charge in [-0.15, -0.1) is 0 Å². The molecule has 0 unspecified atom stereocenters. The molecule has 1 heterocycles. The summed E-state index contributed by atoms with van der Waals surface area (Å²) in [4.78, 5) is 4.24. The number of hydrogen-bond acceptors (Lipinski definition) is 2. The maximum absolute atomic E-state index is 9.49. The van der Waals surface area contributed by atoms with E-state index in [1.165, 1.54) is 11.1 Å². The van der Waals surface area contributed by atoms with Crippen LogP contribution in [0.15, 0.2) is 24.3 Å². The van der Waals surface area contributed by atoms with Crippen molar-refractivity contribution in [2.45, 2.75) is 39.5 Å². The van der Waals surface area contributed by atoms with E-state index in [0.29, 0.717) is 0 Å². The van der Waals surface area contributed by atoms with E-state index in [4.69, 9.17) is 0 Å². The second-order valence-corrected chi connectivity index (χ2v) is 5.22. The number of nitrogens with zero attached hydrogens (tertiary/aromatic N) is 1. The Hall–Kier alpha value is -1.57. The molecule has 0 fully saturated rings. The molecule has 17 heavy (non-hydrogen) atoms. The Morgan fingerprint density at radius 3 is 2.47 bits per heavy atom. The Bertz CT molecular complexity index is 558. The number of rotatable bonds is 2. The molecule has 1 N–H and O–H groups in total. The molecule has 0 saturated heterocycles. The van der Waals surface area contributed by atoms with Gasteiger partial charge in [0, 0.05) is 11.5 Å². The van der Waals surface area contributed by atoms with E-state index in [1.54, 1.807) is 6.07 Å². The molecule has 2 heteroatoms. The van der Waals surface area contributed by atoms with Crippen LogP contribution in [0.4, 0.5) is 0 Å². The lowest BCUT2D eigenvalue weighted by molar-refractivity contribution is 0.455. The van der Waals surface area contributed by atoms with Crippen molar-refractivity contribution in [1.29, 1.82) is 0 Å². The summed E-state index contributed by atoms with van der Waals surface area (Å²) in [5.41, 5.74) is 3.53. The highest BCUT2D eigenvalue weighted by molar-refractivity contribution is 5.83. The highest BCUT2D eigenvalue weighted by Gasteiger charge is 2.21. The minimum atomic E-state index is 0.0899. The third kappa shape index (κ3) is 1.99. The van der Waals surface area contributed by atoms with Gasteiger partial charge in [-0.25, -0.2) is 4.98 Å². The average molecular weight is 229 g/mol. The average Bonchev–Trinajstić information content (AvgIpc) is 2.30. The first kappa shape index (κ1) is 11.9. The summed E-state index contributed by atoms with van der Waals surface area (Å²) in [6.45, 7) is 8.76. The van der Waals surface area contributed by atoms with Crippen molar-refractivity contribution in [1.82, 2.24) is 4.98 Å². The van der Waals surface area contributed by atoms with Gasteiger partial charge in [-0.3, -0.25) is 0 Å². The fourth-order valence-electron chi connectivity index (χ4n) is 2.24. The molecule has 90 valence electrons. The van der Waals surface area contributed by atoms with Crippen molar-refractivity contribution < 1.29 is 5.11 Å². The third-order valence-corrected chi connectivity index (χ3v) is 3.71. The van der Waals surface area contributed by atoms with Gasteiger partial charge in [-0.2, -0.15) is 0 Å². The Kier molecular flexibility index (Phi) is 2.82. The lowest BCUT2D eigenvalue weighted by Gasteiger charge is -2.26. The Labute approximate surface area is 102 Å². The largest absolute Gasteiger partial charge is 0.493 e. The van der Waals surface area contributed by atoms with Crippen LogP contribution in [0.25, 0.3) is 10.9 Å². The van der Waals surface area contributed by atoms with E-state index in [0.717, 1.165) is 17.3 Å². The number of hydrogen-bond donors (Lipinski definition) is 1. The summed E-state index contributed by atoms with van der Waals surface area (Å²) >= 11 is 0. The molecule has 0 bridgehead atoms. The molecule has 1 aromatic carbocycles. The summed E-state index contributed by atoms with van der Waals surface area (Å²) in [5.74, 6) is 0.0899. The molecule has 0 atom stereocenters. The molecule has 0 aliphatic carbocycles. The normalized spacial score (nSPS) is 12.0. The summed E-state index contributed by atoms with van der Waals surface area (Å²) in [6.07, 6.45) is 1.08. The maximum Gasteiger partial charge on any atom is 0.211 e. The molecule has 1 aromatic heterocycles. The summed E-state index contributed by atoms with van der Waals surface area (Å²) in [6, 6.07) is 7.81. The quantitative estimate of drug-likeness (QED) is 0.846. The minimum Gasteiger partial charge on any atom is -0.493 e. The van der Waals surface area contributed by atoms with Crippen LogP contribution in [0.1, 0.15) is 38.3 Å². The Morgan fingerprint density at radius 1 is 1.18 bits per heavy atom. The van der Waals surface area contributed by atoms with Gasteiger partial charge in [0.05, 0.1) is 5.52 Å². The van der Waals surface area contributed by atoms with E-state index in [-0.39, 0.29) is 11.3 Å². The van der Waals surface area contributed by atoms with Gasteiger partial charge in [-0.1, -0.05) is 32.9 Å². The van der Waals surface area contributed by atoms with Gasteiger partial charge in [0.15, 0.2) is 0 Å². The summed E-state index contributed by atoms with van der Waals surface area (Å²) < 4.78 is 0. The van der Waals surface area contributed by atoms with E-state index in [2.05, 4.69) is 44.8 Å². The number of pyridine rings is 1. The zero-order valence-corrected chi connectivity index (χ0v) is 10.9. The van der Waals surface area contributed by atoms with Crippen LogP contribution in [-0.2, 0) is 5.41 Å². The predicted molar refractivity (Wildman–Crippen MR) is 71.5 cm³/mol.